The maximum Gasteiger partial charge on any atom is 0.134 e. The third-order valence-corrected chi connectivity index (χ3v) is 5.18. The summed E-state index contributed by atoms with van der Waals surface area (Å²) in [6.07, 6.45) is 18.4. The van der Waals surface area contributed by atoms with Crippen LogP contribution >= 0.6 is 0 Å². The predicted octanol–water partition coefficient (Wildman–Crippen LogP) is 8.97. The van der Waals surface area contributed by atoms with E-state index in [9.17, 15) is 0 Å². The molecule has 3 nitrogen and oxygen atoms in total. The maximum absolute atomic E-state index is 6.14. The monoisotopic (exact) mass is 460 g/mol. The summed E-state index contributed by atoms with van der Waals surface area (Å²) >= 11 is 0. The molecular formula is C32H32N2O. The molecule has 0 atom stereocenters. The average Bonchev–Trinajstić information content (AvgIpc) is 3.39. The van der Waals surface area contributed by atoms with Gasteiger partial charge >= 0.3 is 0 Å². The van der Waals surface area contributed by atoms with Gasteiger partial charge < -0.3 is 4.42 Å². The van der Waals surface area contributed by atoms with Crippen molar-refractivity contribution in [3.63, 3.8) is 0 Å². The fourth-order valence-corrected chi connectivity index (χ4v) is 3.21. The fraction of sp³-hybridized carbons (Fsp3) is 0.125. The quantitative estimate of drug-likeness (QED) is 0.220. The minimum absolute atomic E-state index is 0.832. The van der Waals surface area contributed by atoms with Crippen molar-refractivity contribution in [1.29, 1.82) is 0 Å². The van der Waals surface area contributed by atoms with Gasteiger partial charge in [-0.15, -0.1) is 0 Å². The summed E-state index contributed by atoms with van der Waals surface area (Å²) in [5, 5.41) is 0. The molecule has 1 aromatic heterocycles. The van der Waals surface area contributed by atoms with Crippen molar-refractivity contribution in [2.75, 3.05) is 0 Å². The second-order valence-electron chi connectivity index (χ2n) is 7.88. The number of allylic oxidation sites excluding steroid dienone is 8. The van der Waals surface area contributed by atoms with Gasteiger partial charge in [0.25, 0.3) is 0 Å². The van der Waals surface area contributed by atoms with Gasteiger partial charge in [-0.2, -0.15) is 0 Å². The third kappa shape index (κ3) is 7.94. The second kappa shape index (κ2) is 13.5. The van der Waals surface area contributed by atoms with E-state index in [4.69, 9.17) is 4.42 Å². The van der Waals surface area contributed by atoms with Crippen molar-refractivity contribution in [2.45, 2.75) is 27.2 Å². The highest BCUT2D eigenvalue weighted by molar-refractivity contribution is 5.82. The lowest BCUT2D eigenvalue weighted by atomic mass is 10.1. The van der Waals surface area contributed by atoms with Crippen LogP contribution in [0.5, 0.6) is 0 Å². The van der Waals surface area contributed by atoms with E-state index in [2.05, 4.69) is 41.7 Å². The molecule has 3 rings (SSSR count). The van der Waals surface area contributed by atoms with Gasteiger partial charge in [0.1, 0.15) is 11.5 Å². The second-order valence-corrected chi connectivity index (χ2v) is 7.88. The third-order valence-electron chi connectivity index (χ3n) is 5.18. The molecule has 35 heavy (non-hydrogen) atoms. The van der Waals surface area contributed by atoms with Crippen molar-refractivity contribution in [1.82, 2.24) is 0 Å². The Labute approximate surface area is 209 Å². The van der Waals surface area contributed by atoms with E-state index in [0.29, 0.717) is 0 Å². The van der Waals surface area contributed by atoms with E-state index in [1.54, 1.807) is 6.08 Å². The summed E-state index contributed by atoms with van der Waals surface area (Å²) in [5.41, 5.74) is 5.98. The van der Waals surface area contributed by atoms with Crippen LogP contribution in [0.4, 0.5) is 0 Å². The summed E-state index contributed by atoms with van der Waals surface area (Å²) in [7, 11) is 0. The molecule has 0 aliphatic heterocycles. The van der Waals surface area contributed by atoms with Gasteiger partial charge in [-0.25, -0.2) is 0 Å². The maximum atomic E-state index is 6.14. The first-order valence-corrected chi connectivity index (χ1v) is 11.8. The number of aliphatic imine (C=N–C) groups is 2. The molecule has 0 N–H and O–H groups in total. The zero-order valence-electron chi connectivity index (χ0n) is 20.7. The number of hydrogen-bond donors (Lipinski definition) is 0. The van der Waals surface area contributed by atoms with Crippen LogP contribution in [0.2, 0.25) is 0 Å². The smallest absolute Gasteiger partial charge is 0.134 e. The topological polar surface area (TPSA) is 37.9 Å². The first-order valence-electron chi connectivity index (χ1n) is 11.8. The largest absolute Gasteiger partial charge is 0.456 e. The molecule has 0 radical (unpaired) electrons. The predicted molar refractivity (Wildman–Crippen MR) is 151 cm³/mol. The van der Waals surface area contributed by atoms with E-state index in [0.717, 1.165) is 51.6 Å². The highest BCUT2D eigenvalue weighted by atomic mass is 16.3. The number of furan rings is 1. The Balaban J connectivity index is 1.67. The van der Waals surface area contributed by atoms with E-state index in [1.807, 2.05) is 105 Å². The molecule has 0 fully saturated rings. The van der Waals surface area contributed by atoms with Crippen molar-refractivity contribution in [3.05, 3.63) is 132 Å². The Morgan fingerprint density at radius 3 is 1.91 bits per heavy atom. The van der Waals surface area contributed by atoms with Crippen LogP contribution in [0.15, 0.2) is 136 Å². The van der Waals surface area contributed by atoms with Crippen molar-refractivity contribution >= 4 is 12.4 Å². The molecule has 0 saturated carbocycles. The number of nitrogens with zero attached hydrogens (tertiary/aromatic N) is 2. The van der Waals surface area contributed by atoms with Gasteiger partial charge in [0, 0.05) is 29.3 Å². The van der Waals surface area contributed by atoms with E-state index in [-0.39, 0.29) is 0 Å². The van der Waals surface area contributed by atoms with Gasteiger partial charge in [0.15, 0.2) is 0 Å². The van der Waals surface area contributed by atoms with Gasteiger partial charge in [-0.3, -0.25) is 9.98 Å². The Hall–Kier alpha value is -4.24. The average molecular weight is 461 g/mol. The van der Waals surface area contributed by atoms with Crippen LogP contribution in [-0.4, -0.2) is 12.4 Å². The molecule has 176 valence electrons. The molecule has 0 aliphatic rings. The summed E-state index contributed by atoms with van der Waals surface area (Å²) in [5.74, 6) is 1.67. The molecule has 0 bridgehead atoms. The summed E-state index contributed by atoms with van der Waals surface area (Å²) in [6, 6.07) is 20.4. The summed E-state index contributed by atoms with van der Waals surface area (Å²) < 4.78 is 6.14. The minimum Gasteiger partial charge on any atom is -0.456 e. The molecule has 0 aliphatic carbocycles. The van der Waals surface area contributed by atoms with Gasteiger partial charge in [0.05, 0.1) is 5.70 Å². The summed E-state index contributed by atoms with van der Waals surface area (Å²) in [4.78, 5) is 9.01. The van der Waals surface area contributed by atoms with Gasteiger partial charge in [-0.1, -0.05) is 92.4 Å². The lowest BCUT2D eigenvalue weighted by Gasteiger charge is -2.01. The van der Waals surface area contributed by atoms with Crippen LogP contribution in [0.1, 0.15) is 38.3 Å². The van der Waals surface area contributed by atoms with Crippen LogP contribution in [-0.2, 0) is 0 Å². The fourth-order valence-electron chi connectivity index (χ4n) is 3.21. The Kier molecular flexibility index (Phi) is 9.76. The highest BCUT2D eigenvalue weighted by Crippen LogP contribution is 2.28. The van der Waals surface area contributed by atoms with E-state index in [1.165, 1.54) is 0 Å². The Bertz CT molecular complexity index is 1280. The normalized spacial score (nSPS) is 13.1. The van der Waals surface area contributed by atoms with E-state index >= 15 is 0 Å². The van der Waals surface area contributed by atoms with Crippen LogP contribution in [0, 0.1) is 0 Å². The lowest BCUT2D eigenvalue weighted by molar-refractivity contribution is 0.597. The summed E-state index contributed by atoms with van der Waals surface area (Å²) in [6.45, 7) is 9.76. The number of hydrogen-bond acceptors (Lipinski definition) is 3. The lowest BCUT2D eigenvalue weighted by Crippen LogP contribution is -1.83. The molecule has 2 aromatic carbocycles. The van der Waals surface area contributed by atoms with Crippen molar-refractivity contribution < 1.29 is 4.42 Å². The standard InChI is InChI=1S/C32H32N2O/c1-5-8-10-11-25(4)33-23-26-13-17-28(18-14-26)31-21-22-32(35-31)29-19-15-27(16-20-29)24-34-30(7-3)12-9-6-2/h6-24H,2,5H2,1,3-4H3/b10-8-,12-9-,25-11+,30-7+,33-23?,34-24?. The van der Waals surface area contributed by atoms with Gasteiger partial charge in [0.2, 0.25) is 0 Å². The Morgan fingerprint density at radius 1 is 0.829 bits per heavy atom. The number of rotatable bonds is 10. The van der Waals surface area contributed by atoms with Crippen LogP contribution in [0.3, 0.4) is 0 Å². The Morgan fingerprint density at radius 2 is 1.40 bits per heavy atom. The molecule has 1 heterocycles. The molecule has 3 heteroatoms. The van der Waals surface area contributed by atoms with Crippen molar-refractivity contribution in [3.8, 4) is 22.6 Å². The molecular weight excluding hydrogens is 428 g/mol. The van der Waals surface area contributed by atoms with Crippen LogP contribution < -0.4 is 0 Å². The molecule has 3 aromatic rings. The minimum atomic E-state index is 0.832. The molecule has 0 unspecified atom stereocenters. The molecule has 0 saturated heterocycles. The SMILES string of the molecule is C=C/C=C\C(=C/C)N=Cc1ccc(-c2ccc(-c3ccc(C=N/C(C)=C/C=C\CC)cc3)o2)cc1. The zero-order chi connectivity index (χ0) is 24.9. The van der Waals surface area contributed by atoms with Crippen LogP contribution in [0.25, 0.3) is 22.6 Å². The first kappa shape index (κ1) is 25.4. The van der Waals surface area contributed by atoms with Gasteiger partial charge in [-0.05, 0) is 55.7 Å². The number of benzene rings is 2. The first-order chi connectivity index (χ1) is 17.1. The van der Waals surface area contributed by atoms with E-state index < -0.39 is 0 Å². The van der Waals surface area contributed by atoms with Crippen molar-refractivity contribution in [2.24, 2.45) is 9.98 Å². The zero-order valence-corrected chi connectivity index (χ0v) is 20.7. The molecule has 0 spiro atoms. The molecule has 0 amide bonds. The highest BCUT2D eigenvalue weighted by Gasteiger charge is 2.07.